The van der Waals surface area contributed by atoms with E-state index < -0.39 is 40.3 Å². The summed E-state index contributed by atoms with van der Waals surface area (Å²) < 4.78 is 28.8. The zero-order chi connectivity index (χ0) is 21.0. The summed E-state index contributed by atoms with van der Waals surface area (Å²) in [5.74, 6) is -1.98. The minimum atomic E-state index is -3.21. The lowest BCUT2D eigenvalue weighted by Crippen LogP contribution is -2.43. The highest BCUT2D eigenvalue weighted by Crippen LogP contribution is 2.24. The number of hydrogen-bond acceptors (Lipinski definition) is 6. The SMILES string of the molecule is NC(=O)c1ccc(C(=O)OCC(=O)N(c2ccccc2)C2CCS(=O)(=O)C2)cc1. The number of primary amides is 1. The van der Waals surface area contributed by atoms with Crippen molar-refractivity contribution in [3.8, 4) is 0 Å². The first-order valence-corrected chi connectivity index (χ1v) is 10.7. The van der Waals surface area contributed by atoms with E-state index in [9.17, 15) is 22.8 Å². The summed E-state index contributed by atoms with van der Waals surface area (Å²) in [7, 11) is -3.21. The van der Waals surface area contributed by atoms with Crippen LogP contribution >= 0.6 is 0 Å². The Hall–Kier alpha value is -3.20. The average molecular weight is 416 g/mol. The van der Waals surface area contributed by atoms with Crippen LogP contribution in [0.25, 0.3) is 0 Å². The van der Waals surface area contributed by atoms with Crippen molar-refractivity contribution >= 4 is 33.3 Å². The molecule has 2 amide bonds. The van der Waals surface area contributed by atoms with E-state index in [1.807, 2.05) is 0 Å². The second kappa shape index (κ2) is 8.44. The van der Waals surface area contributed by atoms with Crippen LogP contribution in [0.1, 0.15) is 27.1 Å². The van der Waals surface area contributed by atoms with E-state index in [1.165, 1.54) is 29.2 Å². The Morgan fingerprint density at radius 1 is 1.00 bits per heavy atom. The summed E-state index contributed by atoms with van der Waals surface area (Å²) in [6, 6.07) is 13.7. The first kappa shape index (κ1) is 20.5. The zero-order valence-electron chi connectivity index (χ0n) is 15.5. The third kappa shape index (κ3) is 5.00. The average Bonchev–Trinajstić information content (AvgIpc) is 3.06. The molecule has 0 bridgehead atoms. The third-order valence-electron chi connectivity index (χ3n) is 4.61. The van der Waals surface area contributed by atoms with Crippen molar-refractivity contribution in [1.29, 1.82) is 0 Å². The van der Waals surface area contributed by atoms with Gasteiger partial charge in [-0.15, -0.1) is 0 Å². The van der Waals surface area contributed by atoms with Crippen molar-refractivity contribution < 1.29 is 27.5 Å². The molecule has 152 valence electrons. The van der Waals surface area contributed by atoms with E-state index in [-0.39, 0.29) is 22.6 Å². The summed E-state index contributed by atoms with van der Waals surface area (Å²) in [5.41, 5.74) is 6.11. The van der Waals surface area contributed by atoms with Gasteiger partial charge in [-0.2, -0.15) is 0 Å². The maximum absolute atomic E-state index is 12.8. The monoisotopic (exact) mass is 416 g/mol. The topological polar surface area (TPSA) is 124 Å². The number of ether oxygens (including phenoxy) is 1. The number of carbonyl (C=O) groups excluding carboxylic acids is 3. The molecule has 8 nitrogen and oxygen atoms in total. The largest absolute Gasteiger partial charge is 0.452 e. The molecule has 1 saturated heterocycles. The van der Waals surface area contributed by atoms with Crippen LogP contribution < -0.4 is 10.6 Å². The van der Waals surface area contributed by atoms with Gasteiger partial charge in [0, 0.05) is 11.3 Å². The van der Waals surface area contributed by atoms with E-state index in [4.69, 9.17) is 10.5 Å². The number of sulfone groups is 1. The second-order valence-electron chi connectivity index (χ2n) is 6.67. The molecule has 1 atom stereocenters. The van der Waals surface area contributed by atoms with Crippen LogP contribution in [0.3, 0.4) is 0 Å². The summed E-state index contributed by atoms with van der Waals surface area (Å²) in [4.78, 5) is 37.5. The molecule has 1 fully saturated rings. The first-order chi connectivity index (χ1) is 13.8. The fourth-order valence-corrected chi connectivity index (χ4v) is 4.88. The van der Waals surface area contributed by atoms with Crippen molar-refractivity contribution in [3.05, 3.63) is 65.7 Å². The molecule has 2 aromatic carbocycles. The molecule has 1 aliphatic rings. The Kier molecular flexibility index (Phi) is 5.97. The van der Waals surface area contributed by atoms with Crippen LogP contribution in [-0.2, 0) is 19.4 Å². The molecule has 3 rings (SSSR count). The van der Waals surface area contributed by atoms with Gasteiger partial charge in [0.2, 0.25) is 5.91 Å². The lowest BCUT2D eigenvalue weighted by molar-refractivity contribution is -0.122. The second-order valence-corrected chi connectivity index (χ2v) is 8.90. The van der Waals surface area contributed by atoms with Gasteiger partial charge in [-0.25, -0.2) is 13.2 Å². The maximum Gasteiger partial charge on any atom is 0.338 e. The summed E-state index contributed by atoms with van der Waals surface area (Å²) in [6.45, 7) is -0.540. The van der Waals surface area contributed by atoms with Crippen molar-refractivity contribution in [2.24, 2.45) is 5.73 Å². The van der Waals surface area contributed by atoms with E-state index >= 15 is 0 Å². The fraction of sp³-hybridized carbons (Fsp3) is 0.250. The van der Waals surface area contributed by atoms with Gasteiger partial charge in [0.05, 0.1) is 23.1 Å². The Morgan fingerprint density at radius 3 is 2.17 bits per heavy atom. The maximum atomic E-state index is 12.8. The number of para-hydroxylation sites is 1. The van der Waals surface area contributed by atoms with Crippen LogP contribution in [0.5, 0.6) is 0 Å². The van der Waals surface area contributed by atoms with Crippen molar-refractivity contribution in [3.63, 3.8) is 0 Å². The van der Waals surface area contributed by atoms with Gasteiger partial charge in [0.15, 0.2) is 16.4 Å². The molecular formula is C20H20N2O6S. The Balaban J connectivity index is 1.71. The Labute approximate surface area is 168 Å². The van der Waals surface area contributed by atoms with Gasteiger partial charge in [-0.05, 0) is 42.8 Å². The number of benzene rings is 2. The van der Waals surface area contributed by atoms with Crippen molar-refractivity contribution in [2.45, 2.75) is 12.5 Å². The van der Waals surface area contributed by atoms with Crippen LogP contribution in [0, 0.1) is 0 Å². The number of nitrogens with zero attached hydrogens (tertiary/aromatic N) is 1. The van der Waals surface area contributed by atoms with Gasteiger partial charge in [0.1, 0.15) is 0 Å². The lowest BCUT2D eigenvalue weighted by Gasteiger charge is -2.28. The summed E-state index contributed by atoms with van der Waals surface area (Å²) in [6.07, 6.45) is 0.325. The van der Waals surface area contributed by atoms with Gasteiger partial charge in [-0.3, -0.25) is 9.59 Å². The lowest BCUT2D eigenvalue weighted by atomic mass is 10.1. The van der Waals surface area contributed by atoms with E-state index in [0.717, 1.165) is 0 Å². The Bertz CT molecular complexity index is 1020. The fourth-order valence-electron chi connectivity index (χ4n) is 3.18. The first-order valence-electron chi connectivity index (χ1n) is 8.91. The van der Waals surface area contributed by atoms with Crippen molar-refractivity contribution in [2.75, 3.05) is 23.0 Å². The molecule has 0 spiro atoms. The molecule has 2 N–H and O–H groups in total. The molecule has 0 aromatic heterocycles. The van der Waals surface area contributed by atoms with Crippen molar-refractivity contribution in [1.82, 2.24) is 0 Å². The molecule has 0 aliphatic carbocycles. The number of nitrogens with two attached hydrogens (primary N) is 1. The minimum Gasteiger partial charge on any atom is -0.452 e. The molecule has 0 saturated carbocycles. The third-order valence-corrected chi connectivity index (χ3v) is 6.36. The zero-order valence-corrected chi connectivity index (χ0v) is 16.3. The standard InChI is InChI=1S/C20H20N2O6S/c21-19(24)14-6-8-15(9-7-14)20(25)28-12-18(23)22(16-4-2-1-3-5-16)17-10-11-29(26,27)13-17/h1-9,17H,10-13H2,(H2,21,24). The molecular weight excluding hydrogens is 396 g/mol. The molecule has 29 heavy (non-hydrogen) atoms. The predicted molar refractivity (Wildman–Crippen MR) is 106 cm³/mol. The van der Waals surface area contributed by atoms with E-state index in [2.05, 4.69) is 0 Å². The molecule has 1 heterocycles. The molecule has 1 aliphatic heterocycles. The molecule has 2 aromatic rings. The number of hydrogen-bond donors (Lipinski definition) is 1. The number of rotatable bonds is 6. The summed E-state index contributed by atoms with van der Waals surface area (Å²) >= 11 is 0. The highest BCUT2D eigenvalue weighted by Gasteiger charge is 2.35. The normalized spacial score (nSPS) is 17.4. The van der Waals surface area contributed by atoms with Gasteiger partial charge in [-0.1, -0.05) is 18.2 Å². The van der Waals surface area contributed by atoms with Gasteiger partial charge < -0.3 is 15.4 Å². The van der Waals surface area contributed by atoms with Crippen LogP contribution in [0.2, 0.25) is 0 Å². The van der Waals surface area contributed by atoms with E-state index in [1.54, 1.807) is 30.3 Å². The van der Waals surface area contributed by atoms with Gasteiger partial charge in [0.25, 0.3) is 5.91 Å². The number of anilines is 1. The highest BCUT2D eigenvalue weighted by molar-refractivity contribution is 7.91. The molecule has 9 heteroatoms. The molecule has 0 radical (unpaired) electrons. The van der Waals surface area contributed by atoms with Gasteiger partial charge >= 0.3 is 5.97 Å². The van der Waals surface area contributed by atoms with Crippen LogP contribution in [-0.4, -0.2) is 50.4 Å². The van der Waals surface area contributed by atoms with E-state index in [0.29, 0.717) is 12.1 Å². The van der Waals surface area contributed by atoms with Crippen LogP contribution in [0.4, 0.5) is 5.69 Å². The Morgan fingerprint density at radius 2 is 1.62 bits per heavy atom. The smallest absolute Gasteiger partial charge is 0.338 e. The quantitative estimate of drug-likeness (QED) is 0.705. The van der Waals surface area contributed by atoms with Crippen LogP contribution in [0.15, 0.2) is 54.6 Å². The predicted octanol–water partition coefficient (Wildman–Crippen LogP) is 1.16. The number of esters is 1. The highest BCUT2D eigenvalue weighted by atomic mass is 32.2. The number of amides is 2. The number of carbonyl (C=O) groups is 3. The molecule has 1 unspecified atom stereocenters. The minimum absolute atomic E-state index is 0.0142. The summed E-state index contributed by atoms with van der Waals surface area (Å²) in [5, 5.41) is 0.